The number of H-pyrrole nitrogens is 1. The third-order valence-corrected chi connectivity index (χ3v) is 6.78. The van der Waals surface area contributed by atoms with Crippen molar-refractivity contribution in [1.82, 2.24) is 24.4 Å². The van der Waals surface area contributed by atoms with E-state index in [4.69, 9.17) is 0 Å². The fourth-order valence-electron chi connectivity index (χ4n) is 5.16. The van der Waals surface area contributed by atoms with Crippen molar-refractivity contribution in [3.8, 4) is 0 Å². The molecule has 6 heteroatoms. The maximum absolute atomic E-state index is 12.3. The van der Waals surface area contributed by atoms with E-state index >= 15 is 0 Å². The summed E-state index contributed by atoms with van der Waals surface area (Å²) in [5.41, 5.74) is 3.05. The van der Waals surface area contributed by atoms with Crippen molar-refractivity contribution in [3.63, 3.8) is 0 Å². The van der Waals surface area contributed by atoms with Gasteiger partial charge in [-0.25, -0.2) is 9.50 Å². The maximum atomic E-state index is 12.3. The third-order valence-electron chi connectivity index (χ3n) is 6.78. The first-order valence-corrected chi connectivity index (χ1v) is 11.4. The fraction of sp³-hybridized carbons (Fsp3) is 0.739. The summed E-state index contributed by atoms with van der Waals surface area (Å²) in [6, 6.07) is 3.72. The second-order valence-corrected chi connectivity index (χ2v) is 10.2. The first-order chi connectivity index (χ1) is 13.8. The van der Waals surface area contributed by atoms with E-state index in [9.17, 15) is 4.79 Å². The van der Waals surface area contributed by atoms with Crippen molar-refractivity contribution in [2.75, 3.05) is 39.3 Å². The lowest BCUT2D eigenvalue weighted by atomic mass is 9.90. The summed E-state index contributed by atoms with van der Waals surface area (Å²) in [6.45, 7) is 16.3. The van der Waals surface area contributed by atoms with Gasteiger partial charge in [-0.05, 0) is 56.7 Å². The molecule has 1 atom stereocenters. The molecule has 2 aromatic heterocycles. The van der Waals surface area contributed by atoms with E-state index in [-0.39, 0.29) is 5.56 Å². The van der Waals surface area contributed by atoms with Crippen LogP contribution in [0.1, 0.15) is 64.3 Å². The molecule has 6 nitrogen and oxygen atoms in total. The molecule has 0 radical (unpaired) electrons. The summed E-state index contributed by atoms with van der Waals surface area (Å²) in [5, 5.41) is 3.32. The second kappa shape index (κ2) is 8.23. The number of nitrogens with zero attached hydrogens (tertiary/aromatic N) is 4. The molecule has 0 amide bonds. The third kappa shape index (κ3) is 4.75. The van der Waals surface area contributed by atoms with E-state index in [1.54, 1.807) is 10.6 Å². The van der Waals surface area contributed by atoms with Crippen LogP contribution in [0.5, 0.6) is 0 Å². The lowest BCUT2D eigenvalue weighted by molar-refractivity contribution is 0.105. The standard InChI is InChI=1S/C23H37N5O/c1-5-19-12-22(29)28-21(24-19)13-20(25-28)18-8-11-27(14-18)16-23(3,4)15-26-9-6-17(2)7-10-26/h12-13,17-18,25H,5-11,14-16H2,1-4H3. The first-order valence-electron chi connectivity index (χ1n) is 11.4. The largest absolute Gasteiger partial charge is 0.303 e. The van der Waals surface area contributed by atoms with Crippen LogP contribution >= 0.6 is 0 Å². The molecule has 1 unspecified atom stereocenters. The van der Waals surface area contributed by atoms with Gasteiger partial charge in [-0.15, -0.1) is 0 Å². The molecule has 0 bridgehead atoms. The summed E-state index contributed by atoms with van der Waals surface area (Å²) in [5.74, 6) is 1.34. The molecule has 0 spiro atoms. The van der Waals surface area contributed by atoms with Crippen LogP contribution in [0.3, 0.4) is 0 Å². The summed E-state index contributed by atoms with van der Waals surface area (Å²) in [4.78, 5) is 22.2. The molecule has 4 rings (SSSR count). The summed E-state index contributed by atoms with van der Waals surface area (Å²) in [7, 11) is 0. The van der Waals surface area contributed by atoms with Gasteiger partial charge >= 0.3 is 0 Å². The van der Waals surface area contributed by atoms with E-state index in [0.717, 1.165) is 55.4 Å². The molecular weight excluding hydrogens is 362 g/mol. The quantitative estimate of drug-likeness (QED) is 0.811. The van der Waals surface area contributed by atoms with Gasteiger partial charge in [0.05, 0.1) is 0 Å². The van der Waals surface area contributed by atoms with E-state index < -0.39 is 0 Å². The Balaban J connectivity index is 1.38. The number of piperidine rings is 1. The minimum absolute atomic E-state index is 0.00932. The van der Waals surface area contributed by atoms with Crippen LogP contribution in [0.2, 0.25) is 0 Å². The average molecular weight is 400 g/mol. The Morgan fingerprint density at radius 1 is 1.10 bits per heavy atom. The first kappa shape index (κ1) is 20.6. The SMILES string of the molecule is CCc1cc(=O)n2[nH]c(C3CCN(CC(C)(C)CN4CCC(C)CC4)C3)cc2n1. The number of fused-ring (bicyclic) bond motifs is 1. The van der Waals surface area contributed by atoms with Gasteiger partial charge in [0.1, 0.15) is 0 Å². The minimum Gasteiger partial charge on any atom is -0.303 e. The van der Waals surface area contributed by atoms with Gasteiger partial charge in [-0.3, -0.25) is 9.89 Å². The topological polar surface area (TPSA) is 56.6 Å². The lowest BCUT2D eigenvalue weighted by Gasteiger charge is -2.38. The van der Waals surface area contributed by atoms with Crippen LogP contribution in [-0.2, 0) is 6.42 Å². The number of hydrogen-bond donors (Lipinski definition) is 1. The number of hydrogen-bond acceptors (Lipinski definition) is 4. The number of likely N-dealkylation sites (tertiary alicyclic amines) is 2. The smallest absolute Gasteiger partial charge is 0.272 e. The predicted octanol–water partition coefficient (Wildman–Crippen LogP) is 3.13. The van der Waals surface area contributed by atoms with Gasteiger partial charge in [-0.2, -0.15) is 0 Å². The molecular formula is C23H37N5O. The van der Waals surface area contributed by atoms with Crippen LogP contribution in [0, 0.1) is 11.3 Å². The maximum Gasteiger partial charge on any atom is 0.272 e. The molecule has 1 N–H and O–H groups in total. The van der Waals surface area contributed by atoms with Crippen LogP contribution in [0.15, 0.2) is 16.9 Å². The predicted molar refractivity (Wildman–Crippen MR) is 118 cm³/mol. The van der Waals surface area contributed by atoms with Crippen molar-refractivity contribution in [1.29, 1.82) is 0 Å². The Kier molecular flexibility index (Phi) is 5.85. The zero-order valence-electron chi connectivity index (χ0n) is 18.6. The van der Waals surface area contributed by atoms with Gasteiger partial charge < -0.3 is 9.80 Å². The number of aromatic amines is 1. The molecule has 0 aliphatic carbocycles. The number of aryl methyl sites for hydroxylation is 1. The number of rotatable bonds is 6. The molecule has 2 saturated heterocycles. The molecule has 160 valence electrons. The van der Waals surface area contributed by atoms with Gasteiger partial charge in [0, 0.05) is 49.1 Å². The molecule has 2 aliphatic rings. The Labute approximate surface area is 174 Å². The minimum atomic E-state index is -0.00932. The van der Waals surface area contributed by atoms with E-state index in [1.165, 1.54) is 32.5 Å². The zero-order chi connectivity index (χ0) is 20.6. The normalized spacial score (nSPS) is 22.7. The van der Waals surface area contributed by atoms with Crippen LogP contribution in [0.4, 0.5) is 0 Å². The molecule has 0 aromatic carbocycles. The Hall–Kier alpha value is -1.66. The molecule has 0 saturated carbocycles. The highest BCUT2D eigenvalue weighted by atomic mass is 16.1. The zero-order valence-corrected chi connectivity index (χ0v) is 18.6. The van der Waals surface area contributed by atoms with Crippen LogP contribution in [-0.4, -0.2) is 63.7 Å². The van der Waals surface area contributed by atoms with Crippen molar-refractivity contribution >= 4 is 5.65 Å². The fourth-order valence-corrected chi connectivity index (χ4v) is 5.16. The number of aromatic nitrogens is 3. The molecule has 2 fully saturated rings. The Morgan fingerprint density at radius 3 is 2.52 bits per heavy atom. The van der Waals surface area contributed by atoms with Crippen molar-refractivity contribution in [3.05, 3.63) is 33.9 Å². The lowest BCUT2D eigenvalue weighted by Crippen LogP contribution is -2.44. The average Bonchev–Trinajstić information content (AvgIpc) is 3.30. The van der Waals surface area contributed by atoms with E-state index in [1.807, 2.05) is 6.92 Å². The second-order valence-electron chi connectivity index (χ2n) is 10.2. The Morgan fingerprint density at radius 2 is 1.79 bits per heavy atom. The van der Waals surface area contributed by atoms with Gasteiger partial charge in [0.25, 0.3) is 5.56 Å². The highest BCUT2D eigenvalue weighted by Gasteiger charge is 2.31. The van der Waals surface area contributed by atoms with Gasteiger partial charge in [0.2, 0.25) is 0 Å². The van der Waals surface area contributed by atoms with Crippen LogP contribution in [0.25, 0.3) is 5.65 Å². The van der Waals surface area contributed by atoms with Gasteiger partial charge in [-0.1, -0.05) is 27.7 Å². The highest BCUT2D eigenvalue weighted by Crippen LogP contribution is 2.30. The molecule has 2 aliphatic heterocycles. The molecule has 2 aromatic rings. The highest BCUT2D eigenvalue weighted by molar-refractivity contribution is 5.41. The van der Waals surface area contributed by atoms with Crippen molar-refractivity contribution in [2.45, 2.75) is 59.3 Å². The summed E-state index contributed by atoms with van der Waals surface area (Å²) < 4.78 is 1.60. The molecule has 4 heterocycles. The monoisotopic (exact) mass is 399 g/mol. The van der Waals surface area contributed by atoms with Crippen LogP contribution < -0.4 is 5.56 Å². The van der Waals surface area contributed by atoms with Crippen molar-refractivity contribution < 1.29 is 0 Å². The molecule has 29 heavy (non-hydrogen) atoms. The van der Waals surface area contributed by atoms with Crippen molar-refractivity contribution in [2.24, 2.45) is 11.3 Å². The summed E-state index contributed by atoms with van der Waals surface area (Å²) >= 11 is 0. The van der Waals surface area contributed by atoms with Gasteiger partial charge in [0.15, 0.2) is 5.65 Å². The number of nitrogens with one attached hydrogen (secondary N) is 1. The van der Waals surface area contributed by atoms with E-state index in [0.29, 0.717) is 11.3 Å². The summed E-state index contributed by atoms with van der Waals surface area (Å²) in [6.07, 6.45) is 4.61. The van der Waals surface area contributed by atoms with E-state index in [2.05, 4.69) is 46.7 Å². The Bertz CT molecular complexity index is 890.